The number of H-pyrrole nitrogens is 1. The molecule has 0 unspecified atom stereocenters. The molecule has 0 saturated heterocycles. The third-order valence-electron chi connectivity index (χ3n) is 4.35. The molecule has 7 heteroatoms. The van der Waals surface area contributed by atoms with Crippen LogP contribution in [0.2, 0.25) is 0 Å². The van der Waals surface area contributed by atoms with E-state index in [9.17, 15) is 10.0 Å². The molecule has 24 heavy (non-hydrogen) atoms. The molecule has 1 aliphatic rings. The molecule has 0 spiro atoms. The van der Waals surface area contributed by atoms with Crippen molar-refractivity contribution in [1.29, 1.82) is 0 Å². The molecule has 0 atom stereocenters. The highest BCUT2D eigenvalue weighted by molar-refractivity contribution is 6.04. The second-order valence-corrected chi connectivity index (χ2v) is 7.28. The van der Waals surface area contributed by atoms with Crippen LogP contribution in [0.4, 0.5) is 0 Å². The molecule has 1 aliphatic heterocycles. The van der Waals surface area contributed by atoms with Gasteiger partial charge in [0, 0.05) is 5.54 Å². The normalized spacial score (nSPS) is 19.6. The molecular weight excluding hydrogens is 328 g/mol. The van der Waals surface area contributed by atoms with Gasteiger partial charge in [0.1, 0.15) is 11.3 Å². The zero-order chi connectivity index (χ0) is 17.0. The number of nitrogens with two attached hydrogens (primary N) is 1. The number of imidazole rings is 1. The second-order valence-electron chi connectivity index (χ2n) is 7.28. The Hall–Kier alpha value is -1.89. The standard InChI is InChI=1S/C17H22N4O2.ClH/c1-16(2)8-10(9-17(3,4)21(16)23)15-19-12-7-5-6-11(14(18)22)13(12)20-15;/h5-8,23H,9H2,1-4H3,(H2,18,22)(H,19,20);1H. The minimum absolute atomic E-state index is 0. The monoisotopic (exact) mass is 350 g/mol. The fourth-order valence-corrected chi connectivity index (χ4v) is 3.39. The van der Waals surface area contributed by atoms with Gasteiger partial charge >= 0.3 is 0 Å². The lowest BCUT2D eigenvalue weighted by atomic mass is 9.82. The van der Waals surface area contributed by atoms with Crippen LogP contribution in [-0.2, 0) is 0 Å². The number of halogens is 1. The molecule has 0 aliphatic carbocycles. The Morgan fingerprint density at radius 2 is 2.00 bits per heavy atom. The molecule has 0 bridgehead atoms. The topological polar surface area (TPSA) is 95.2 Å². The molecule has 2 heterocycles. The second kappa shape index (κ2) is 5.88. The molecule has 0 saturated carbocycles. The number of rotatable bonds is 2. The van der Waals surface area contributed by atoms with Crippen molar-refractivity contribution >= 4 is 34.9 Å². The zero-order valence-electron chi connectivity index (χ0n) is 14.3. The lowest BCUT2D eigenvalue weighted by Crippen LogP contribution is -2.55. The lowest BCUT2D eigenvalue weighted by molar-refractivity contribution is -0.211. The summed E-state index contributed by atoms with van der Waals surface area (Å²) in [6, 6.07) is 5.33. The number of amides is 1. The first kappa shape index (κ1) is 18.4. The van der Waals surface area contributed by atoms with Crippen LogP contribution in [0.15, 0.2) is 24.3 Å². The van der Waals surface area contributed by atoms with Gasteiger partial charge in [-0.25, -0.2) is 4.98 Å². The highest BCUT2D eigenvalue weighted by atomic mass is 35.5. The average Bonchev–Trinajstić information content (AvgIpc) is 2.87. The van der Waals surface area contributed by atoms with E-state index in [0.717, 1.165) is 11.1 Å². The quantitative estimate of drug-likeness (QED) is 0.775. The maximum absolute atomic E-state index is 11.6. The van der Waals surface area contributed by atoms with Gasteiger partial charge in [-0.15, -0.1) is 12.4 Å². The fourth-order valence-electron chi connectivity index (χ4n) is 3.39. The van der Waals surface area contributed by atoms with Crippen LogP contribution in [0.25, 0.3) is 16.6 Å². The Kier molecular flexibility index (Phi) is 4.52. The number of aromatic amines is 1. The molecular formula is C17H23ClN4O2. The molecule has 2 aromatic rings. The van der Waals surface area contributed by atoms with Gasteiger partial charge in [-0.05, 0) is 51.8 Å². The van der Waals surface area contributed by atoms with Gasteiger partial charge in [-0.1, -0.05) is 12.1 Å². The molecule has 6 nitrogen and oxygen atoms in total. The Morgan fingerprint density at radius 1 is 1.33 bits per heavy atom. The largest absolute Gasteiger partial charge is 0.366 e. The summed E-state index contributed by atoms with van der Waals surface area (Å²) in [5, 5.41) is 11.8. The van der Waals surface area contributed by atoms with Gasteiger partial charge in [0.2, 0.25) is 0 Å². The van der Waals surface area contributed by atoms with E-state index in [-0.39, 0.29) is 12.4 Å². The maximum atomic E-state index is 11.6. The zero-order valence-corrected chi connectivity index (χ0v) is 15.1. The predicted molar refractivity (Wildman–Crippen MR) is 96.2 cm³/mol. The average molecular weight is 351 g/mol. The van der Waals surface area contributed by atoms with Gasteiger partial charge < -0.3 is 15.9 Å². The summed E-state index contributed by atoms with van der Waals surface area (Å²) in [4.78, 5) is 19.4. The molecule has 0 fully saturated rings. The number of hydroxylamine groups is 2. The van der Waals surface area contributed by atoms with Gasteiger partial charge in [0.05, 0.1) is 16.6 Å². The van der Waals surface area contributed by atoms with Gasteiger partial charge in [0.25, 0.3) is 5.91 Å². The van der Waals surface area contributed by atoms with E-state index in [1.54, 1.807) is 12.1 Å². The van der Waals surface area contributed by atoms with Crippen LogP contribution in [-0.4, -0.2) is 37.2 Å². The van der Waals surface area contributed by atoms with Crippen molar-refractivity contribution in [2.24, 2.45) is 5.73 Å². The van der Waals surface area contributed by atoms with E-state index in [4.69, 9.17) is 5.73 Å². The predicted octanol–water partition coefficient (Wildman–Crippen LogP) is 3.12. The molecule has 1 amide bonds. The Balaban J connectivity index is 0.00000208. The number of benzene rings is 1. The lowest BCUT2D eigenvalue weighted by Gasteiger charge is -2.46. The number of para-hydroxylation sites is 1. The summed E-state index contributed by atoms with van der Waals surface area (Å²) in [5.41, 5.74) is 7.27. The van der Waals surface area contributed by atoms with Crippen LogP contribution >= 0.6 is 12.4 Å². The first-order valence-corrected chi connectivity index (χ1v) is 7.62. The van der Waals surface area contributed by atoms with Crippen molar-refractivity contribution in [2.45, 2.75) is 45.2 Å². The van der Waals surface area contributed by atoms with Crippen LogP contribution < -0.4 is 5.73 Å². The van der Waals surface area contributed by atoms with E-state index in [1.165, 1.54) is 5.06 Å². The van der Waals surface area contributed by atoms with E-state index >= 15 is 0 Å². The number of fused-ring (bicyclic) bond motifs is 1. The minimum Gasteiger partial charge on any atom is -0.366 e. The van der Waals surface area contributed by atoms with Crippen LogP contribution in [0, 0.1) is 0 Å². The van der Waals surface area contributed by atoms with Crippen molar-refractivity contribution in [1.82, 2.24) is 15.0 Å². The number of hydrogen-bond donors (Lipinski definition) is 3. The first-order chi connectivity index (χ1) is 10.6. The molecule has 3 rings (SSSR count). The smallest absolute Gasteiger partial charge is 0.250 e. The highest BCUT2D eigenvalue weighted by Gasteiger charge is 2.41. The summed E-state index contributed by atoms with van der Waals surface area (Å²) < 4.78 is 0. The number of carbonyl (C=O) groups excluding carboxylic acids is 1. The van der Waals surface area contributed by atoms with Crippen LogP contribution in [0.1, 0.15) is 50.3 Å². The number of nitrogens with zero attached hydrogens (tertiary/aromatic N) is 2. The Labute approximate surface area is 147 Å². The van der Waals surface area contributed by atoms with Crippen LogP contribution in [0.5, 0.6) is 0 Å². The summed E-state index contributed by atoms with van der Waals surface area (Å²) >= 11 is 0. The third-order valence-corrected chi connectivity index (χ3v) is 4.35. The fraction of sp³-hybridized carbons (Fsp3) is 0.412. The van der Waals surface area contributed by atoms with E-state index in [0.29, 0.717) is 23.3 Å². The Morgan fingerprint density at radius 3 is 2.58 bits per heavy atom. The molecule has 1 aromatic heterocycles. The molecule has 130 valence electrons. The van der Waals surface area contributed by atoms with Crippen molar-refractivity contribution in [3.05, 3.63) is 35.7 Å². The summed E-state index contributed by atoms with van der Waals surface area (Å²) in [5.74, 6) is 0.219. The van der Waals surface area contributed by atoms with Crippen LogP contribution in [0.3, 0.4) is 0 Å². The van der Waals surface area contributed by atoms with Crippen molar-refractivity contribution < 1.29 is 10.0 Å². The van der Waals surface area contributed by atoms with E-state index in [2.05, 4.69) is 9.97 Å². The number of hydrogen-bond acceptors (Lipinski definition) is 4. The van der Waals surface area contributed by atoms with Gasteiger partial charge in [0.15, 0.2) is 0 Å². The minimum atomic E-state index is -0.511. The first-order valence-electron chi connectivity index (χ1n) is 7.62. The summed E-state index contributed by atoms with van der Waals surface area (Å²) in [6.45, 7) is 7.87. The summed E-state index contributed by atoms with van der Waals surface area (Å²) in [7, 11) is 0. The number of carbonyl (C=O) groups is 1. The van der Waals surface area contributed by atoms with Crippen molar-refractivity contribution in [2.75, 3.05) is 0 Å². The Bertz CT molecular complexity index is 823. The number of nitrogens with one attached hydrogen (secondary N) is 1. The van der Waals surface area contributed by atoms with Gasteiger partial charge in [-0.3, -0.25) is 4.79 Å². The SMILES string of the molecule is CC1(C)C=C(c2nc3c(C(N)=O)cccc3[nH]2)CC(C)(C)N1O.Cl. The molecule has 1 aromatic carbocycles. The van der Waals surface area contributed by atoms with Gasteiger partial charge in [-0.2, -0.15) is 5.06 Å². The third kappa shape index (κ3) is 2.92. The maximum Gasteiger partial charge on any atom is 0.250 e. The molecule has 4 N–H and O–H groups in total. The van der Waals surface area contributed by atoms with Crippen molar-refractivity contribution in [3.8, 4) is 0 Å². The van der Waals surface area contributed by atoms with E-state index in [1.807, 2.05) is 39.8 Å². The highest BCUT2D eigenvalue weighted by Crippen LogP contribution is 2.39. The summed E-state index contributed by atoms with van der Waals surface area (Å²) in [6.07, 6.45) is 2.64. The van der Waals surface area contributed by atoms with E-state index < -0.39 is 17.0 Å². The molecule has 0 radical (unpaired) electrons. The number of primary amides is 1. The number of aromatic nitrogens is 2. The van der Waals surface area contributed by atoms with Crippen molar-refractivity contribution in [3.63, 3.8) is 0 Å².